The number of allylic oxidation sites excluding steroid dienone is 1. The van der Waals surface area contributed by atoms with E-state index in [1.54, 1.807) is 39.1 Å². The van der Waals surface area contributed by atoms with Crippen LogP contribution >= 0.6 is 0 Å². The summed E-state index contributed by atoms with van der Waals surface area (Å²) in [5.41, 5.74) is 1.93. The maximum absolute atomic E-state index is 12.7. The molecule has 42 heavy (non-hydrogen) atoms. The van der Waals surface area contributed by atoms with Gasteiger partial charge in [0.15, 0.2) is 17.9 Å². The lowest BCUT2D eigenvalue weighted by molar-refractivity contribution is -0.104. The van der Waals surface area contributed by atoms with E-state index < -0.39 is 6.43 Å². The average Bonchev–Trinajstić information content (AvgIpc) is 2.96. The van der Waals surface area contributed by atoms with E-state index in [4.69, 9.17) is 0 Å². The first-order valence-electron chi connectivity index (χ1n) is 13.7. The van der Waals surface area contributed by atoms with Crippen LogP contribution in [0.3, 0.4) is 0 Å². The largest absolute Gasteiger partial charge is 0.369 e. The second-order valence-electron chi connectivity index (χ2n) is 10.0. The highest BCUT2D eigenvalue weighted by Crippen LogP contribution is 2.25. The average molecular weight is 584 g/mol. The molecule has 2 aromatic rings. The zero-order chi connectivity index (χ0) is 30.6. The quantitative estimate of drug-likeness (QED) is 0.0886. The molecule has 226 valence electrons. The van der Waals surface area contributed by atoms with Crippen LogP contribution in [0.25, 0.3) is 0 Å². The lowest BCUT2D eigenvalue weighted by Gasteiger charge is -2.36. The molecule has 1 N–H and O–H groups in total. The molecule has 1 fully saturated rings. The third-order valence-electron chi connectivity index (χ3n) is 6.66. The molecule has 0 atom stereocenters. The Labute approximate surface area is 245 Å². The predicted octanol–water partition coefficient (Wildman–Crippen LogP) is 3.67. The molecule has 0 saturated carbocycles. The van der Waals surface area contributed by atoms with Gasteiger partial charge in [0.2, 0.25) is 5.95 Å². The molecule has 1 aromatic heterocycles. The maximum Gasteiger partial charge on any atom is 0.251 e. The number of hydrogen-bond acceptors (Lipinski definition) is 10. The van der Waals surface area contributed by atoms with Crippen molar-refractivity contribution in [1.82, 2.24) is 24.9 Å². The molecule has 0 unspecified atom stereocenters. The van der Waals surface area contributed by atoms with Gasteiger partial charge in [0.1, 0.15) is 6.29 Å². The molecule has 1 aromatic carbocycles. The monoisotopic (exact) mass is 583 g/mol. The Kier molecular flexibility index (Phi) is 12.1. The summed E-state index contributed by atoms with van der Waals surface area (Å²) < 4.78 is 25.4. The highest BCUT2D eigenvalue weighted by Gasteiger charge is 2.24. The Hall–Kier alpha value is -4.23. The Morgan fingerprint density at radius 2 is 1.83 bits per heavy atom. The fourth-order valence-electron chi connectivity index (χ4n) is 4.23. The second-order valence-corrected chi connectivity index (χ2v) is 10.0. The van der Waals surface area contributed by atoms with Crippen LogP contribution in [0.2, 0.25) is 0 Å². The van der Waals surface area contributed by atoms with Gasteiger partial charge < -0.3 is 10.2 Å². The summed E-state index contributed by atoms with van der Waals surface area (Å²) in [6.45, 7) is 10.5. The maximum atomic E-state index is 12.7. The summed E-state index contributed by atoms with van der Waals surface area (Å²) in [6, 6.07) is 7.74. The molecule has 1 aliphatic heterocycles. The van der Waals surface area contributed by atoms with E-state index in [9.17, 15) is 18.4 Å². The molecular weight excluding hydrogens is 544 g/mol. The number of nitrogens with one attached hydrogen (secondary N) is 1. The molecule has 0 aliphatic carbocycles. The summed E-state index contributed by atoms with van der Waals surface area (Å²) in [6.07, 6.45) is 4.97. The molecule has 11 nitrogen and oxygen atoms in total. The van der Waals surface area contributed by atoms with Crippen LogP contribution in [0, 0.1) is 0 Å². The number of likely N-dealkylation sites (N-methyl/N-ethyl adjacent to an activating group) is 1. The summed E-state index contributed by atoms with van der Waals surface area (Å²) >= 11 is 0. The van der Waals surface area contributed by atoms with Gasteiger partial charge in [-0.1, -0.05) is 6.08 Å². The number of hydrazone groups is 1. The number of carbonyl (C=O) groups excluding carboxylic acids is 2. The summed E-state index contributed by atoms with van der Waals surface area (Å²) in [4.78, 5) is 36.2. The molecule has 0 spiro atoms. The number of nitrogens with zero attached hydrogens (tertiary/aromatic N) is 8. The van der Waals surface area contributed by atoms with Crippen molar-refractivity contribution >= 4 is 41.5 Å². The predicted molar refractivity (Wildman–Crippen MR) is 163 cm³/mol. The van der Waals surface area contributed by atoms with Crippen molar-refractivity contribution < 1.29 is 18.4 Å². The van der Waals surface area contributed by atoms with Crippen molar-refractivity contribution in [1.29, 1.82) is 0 Å². The summed E-state index contributed by atoms with van der Waals surface area (Å²) in [5, 5.41) is 13.0. The second kappa shape index (κ2) is 15.7. The number of aldehydes is 2. The number of piperazine rings is 1. The van der Waals surface area contributed by atoms with Crippen molar-refractivity contribution in [3.05, 3.63) is 60.8 Å². The van der Waals surface area contributed by atoms with Crippen LogP contribution in [0.4, 0.5) is 31.9 Å². The van der Waals surface area contributed by atoms with Gasteiger partial charge in [-0.15, -0.1) is 6.58 Å². The highest BCUT2D eigenvalue weighted by molar-refractivity contribution is 6.07. The van der Waals surface area contributed by atoms with Crippen LogP contribution in [0.15, 0.2) is 60.4 Å². The first-order valence-corrected chi connectivity index (χ1v) is 13.7. The van der Waals surface area contributed by atoms with Crippen LogP contribution in [0.1, 0.15) is 24.2 Å². The SMILES string of the molecule is C=CCN(C)N(C(/C=C\C=O)=N/N(C)C(C)C)c1nc(Nc2ccc(N3CCN(CC(F)F)CC3)cc2)ncc1C=O. The minimum absolute atomic E-state index is 0.0637. The third-order valence-corrected chi connectivity index (χ3v) is 6.66. The van der Waals surface area contributed by atoms with Gasteiger partial charge in [-0.3, -0.25) is 19.5 Å². The smallest absolute Gasteiger partial charge is 0.251 e. The Balaban J connectivity index is 1.89. The number of hydrazine groups is 1. The molecule has 1 saturated heterocycles. The number of halogens is 2. The van der Waals surface area contributed by atoms with Gasteiger partial charge >= 0.3 is 0 Å². The van der Waals surface area contributed by atoms with E-state index in [2.05, 4.69) is 31.9 Å². The van der Waals surface area contributed by atoms with Gasteiger partial charge in [0.25, 0.3) is 6.43 Å². The van der Waals surface area contributed by atoms with E-state index in [0.29, 0.717) is 51.1 Å². The first-order chi connectivity index (χ1) is 20.2. The summed E-state index contributed by atoms with van der Waals surface area (Å²) in [7, 11) is 3.60. The van der Waals surface area contributed by atoms with Crippen molar-refractivity contribution in [3.63, 3.8) is 0 Å². The normalized spacial score (nSPS) is 14.6. The van der Waals surface area contributed by atoms with Gasteiger partial charge in [0, 0.05) is 70.4 Å². The number of alkyl halides is 2. The number of aromatic nitrogens is 2. The Morgan fingerprint density at radius 1 is 1.14 bits per heavy atom. The molecule has 0 amide bonds. The Morgan fingerprint density at radius 3 is 2.40 bits per heavy atom. The lowest BCUT2D eigenvalue weighted by Crippen LogP contribution is -2.47. The number of amidine groups is 1. The van der Waals surface area contributed by atoms with E-state index in [1.165, 1.54) is 12.3 Å². The molecule has 0 bridgehead atoms. The number of hydrogen-bond donors (Lipinski definition) is 1. The zero-order valence-corrected chi connectivity index (χ0v) is 24.5. The topological polar surface area (TPSA) is 101 Å². The standard InChI is InChI=1S/C29H39F2N9O2/c1-6-13-36(4)40(27(8-7-18-41)35-37(5)22(2)3)28-23(21-42)19-32-29(34-28)33-24-9-11-25(12-10-24)39-16-14-38(15-17-39)20-26(30)31/h6-12,18-19,21-22,26H,1,13-17,20H2,2-5H3,(H,32,33,34)/b8-7-,35-27+. The van der Waals surface area contributed by atoms with Crippen molar-refractivity contribution in [2.45, 2.75) is 26.3 Å². The molecule has 13 heteroatoms. The summed E-state index contributed by atoms with van der Waals surface area (Å²) in [5.74, 6) is 0.863. The minimum Gasteiger partial charge on any atom is -0.369 e. The van der Waals surface area contributed by atoms with Crippen molar-refractivity contribution in [2.75, 3.05) is 68.6 Å². The zero-order valence-electron chi connectivity index (χ0n) is 24.5. The highest BCUT2D eigenvalue weighted by atomic mass is 19.3. The molecular formula is C29H39F2N9O2. The molecule has 1 aliphatic rings. The van der Waals surface area contributed by atoms with Crippen molar-refractivity contribution in [3.8, 4) is 0 Å². The van der Waals surface area contributed by atoms with Crippen LogP contribution < -0.4 is 15.2 Å². The minimum atomic E-state index is -2.33. The van der Waals surface area contributed by atoms with E-state index >= 15 is 0 Å². The number of carbonyl (C=O) groups is 2. The van der Waals surface area contributed by atoms with E-state index in [-0.39, 0.29) is 29.9 Å². The first kappa shape index (κ1) is 32.3. The fraction of sp³-hybridized carbons (Fsp3) is 0.414. The van der Waals surface area contributed by atoms with E-state index in [1.807, 2.05) is 45.2 Å². The number of rotatable bonds is 14. The van der Waals surface area contributed by atoms with Gasteiger partial charge in [-0.2, -0.15) is 10.1 Å². The van der Waals surface area contributed by atoms with Crippen LogP contribution in [-0.2, 0) is 4.79 Å². The molecule has 2 heterocycles. The fourth-order valence-corrected chi connectivity index (χ4v) is 4.23. The van der Waals surface area contributed by atoms with Gasteiger partial charge in [0.05, 0.1) is 12.1 Å². The van der Waals surface area contributed by atoms with Crippen LogP contribution in [-0.4, -0.2) is 109 Å². The third kappa shape index (κ3) is 8.88. The Bertz CT molecular complexity index is 1250. The number of benzene rings is 1. The van der Waals surface area contributed by atoms with Gasteiger partial charge in [-0.25, -0.2) is 23.8 Å². The van der Waals surface area contributed by atoms with Crippen LogP contribution in [0.5, 0.6) is 0 Å². The molecule has 3 rings (SSSR count). The molecule has 0 radical (unpaired) electrons. The van der Waals surface area contributed by atoms with Crippen molar-refractivity contribution in [2.24, 2.45) is 5.10 Å². The van der Waals surface area contributed by atoms with E-state index in [0.717, 1.165) is 11.4 Å². The van der Waals surface area contributed by atoms with Gasteiger partial charge in [-0.05, 0) is 50.3 Å². The number of anilines is 4. The lowest BCUT2D eigenvalue weighted by atomic mass is 10.2.